The number of aromatic nitrogens is 1. The summed E-state index contributed by atoms with van der Waals surface area (Å²) in [5.74, 6) is 0.0850. The van der Waals surface area contributed by atoms with E-state index in [0.717, 1.165) is 17.6 Å². The van der Waals surface area contributed by atoms with Crippen LogP contribution in [0.5, 0.6) is 0 Å². The van der Waals surface area contributed by atoms with E-state index in [4.69, 9.17) is 4.74 Å². The van der Waals surface area contributed by atoms with Gasteiger partial charge in [0.25, 0.3) is 0 Å². The van der Waals surface area contributed by atoms with Crippen LogP contribution in [-0.4, -0.2) is 36.4 Å². The minimum atomic E-state index is -0.531. The van der Waals surface area contributed by atoms with Gasteiger partial charge in [0.05, 0.1) is 7.11 Å². The van der Waals surface area contributed by atoms with Crippen molar-refractivity contribution in [2.45, 2.75) is 32.2 Å². The summed E-state index contributed by atoms with van der Waals surface area (Å²) >= 11 is 1.31. The summed E-state index contributed by atoms with van der Waals surface area (Å²) in [6, 6.07) is 0.529. The zero-order chi connectivity index (χ0) is 13.6. The molecule has 19 heavy (non-hydrogen) atoms. The number of Topliss-reactive ketones (excluding diaryl/α,β-unsaturated/α-hetero) is 1. The highest BCUT2D eigenvalue weighted by Crippen LogP contribution is 2.42. The van der Waals surface area contributed by atoms with E-state index in [2.05, 4.69) is 9.88 Å². The van der Waals surface area contributed by atoms with E-state index in [1.54, 1.807) is 0 Å². The second kappa shape index (κ2) is 4.59. The van der Waals surface area contributed by atoms with Crippen LogP contribution in [0.25, 0.3) is 0 Å². The Labute approximate surface area is 115 Å². The first-order chi connectivity index (χ1) is 9.10. The Hall–Kier alpha value is -1.43. The molecule has 1 aromatic rings. The molecule has 0 N–H and O–H groups in total. The molecular formula is C13H16N2O3S. The number of carbonyl (C=O) groups is 2. The fraction of sp³-hybridized carbons (Fsp3) is 0.615. The van der Waals surface area contributed by atoms with Gasteiger partial charge in [0.15, 0.2) is 16.6 Å². The van der Waals surface area contributed by atoms with Crippen LogP contribution in [0.2, 0.25) is 0 Å². The van der Waals surface area contributed by atoms with E-state index >= 15 is 0 Å². The van der Waals surface area contributed by atoms with Crippen molar-refractivity contribution in [1.29, 1.82) is 0 Å². The van der Waals surface area contributed by atoms with Gasteiger partial charge >= 0.3 is 5.97 Å². The zero-order valence-electron chi connectivity index (χ0n) is 11.0. The lowest BCUT2D eigenvalue weighted by molar-refractivity contribution is 0.0591. The van der Waals surface area contributed by atoms with Crippen molar-refractivity contribution in [2.75, 3.05) is 18.6 Å². The first-order valence-corrected chi connectivity index (χ1v) is 7.28. The summed E-state index contributed by atoms with van der Waals surface area (Å²) < 4.78 is 4.70. The molecule has 2 fully saturated rings. The maximum Gasteiger partial charge on any atom is 0.358 e. The van der Waals surface area contributed by atoms with E-state index in [-0.39, 0.29) is 11.5 Å². The molecule has 0 radical (unpaired) electrons. The molecule has 2 atom stereocenters. The normalized spacial score (nSPS) is 24.8. The predicted molar refractivity (Wildman–Crippen MR) is 71.9 cm³/mol. The van der Waals surface area contributed by atoms with Crippen molar-refractivity contribution in [1.82, 2.24) is 4.98 Å². The van der Waals surface area contributed by atoms with Crippen LogP contribution < -0.4 is 4.90 Å². The van der Waals surface area contributed by atoms with E-state index in [0.29, 0.717) is 10.9 Å². The molecule has 2 heterocycles. The number of carbonyl (C=O) groups excluding carboxylic acids is 2. The Morgan fingerprint density at radius 3 is 2.74 bits per heavy atom. The van der Waals surface area contributed by atoms with Gasteiger partial charge in [-0.1, -0.05) is 11.3 Å². The van der Waals surface area contributed by atoms with Gasteiger partial charge in [0.1, 0.15) is 4.88 Å². The Morgan fingerprint density at radius 2 is 2.21 bits per heavy atom. The van der Waals surface area contributed by atoms with Crippen LogP contribution in [0.4, 0.5) is 5.13 Å². The number of ketones is 1. The van der Waals surface area contributed by atoms with Crippen molar-refractivity contribution >= 4 is 28.2 Å². The van der Waals surface area contributed by atoms with Gasteiger partial charge in [-0.3, -0.25) is 4.79 Å². The van der Waals surface area contributed by atoms with Gasteiger partial charge in [-0.05, 0) is 25.2 Å². The molecule has 6 heteroatoms. The predicted octanol–water partition coefficient (Wildman–Crippen LogP) is 2.12. The molecule has 1 saturated heterocycles. The lowest BCUT2D eigenvalue weighted by Gasteiger charge is -2.26. The third-order valence-corrected chi connectivity index (χ3v) is 5.16. The fourth-order valence-corrected chi connectivity index (χ4v) is 4.09. The SMILES string of the molecule is COC(=O)c1nc(N2CC3CCC2C3)sc1C(C)=O. The van der Waals surface area contributed by atoms with Crippen LogP contribution >= 0.6 is 11.3 Å². The van der Waals surface area contributed by atoms with Gasteiger partial charge in [-0.2, -0.15) is 0 Å². The van der Waals surface area contributed by atoms with Crippen LogP contribution in [0, 0.1) is 5.92 Å². The van der Waals surface area contributed by atoms with Gasteiger partial charge in [0.2, 0.25) is 0 Å². The summed E-state index contributed by atoms with van der Waals surface area (Å²) in [4.78, 5) is 30.3. The van der Waals surface area contributed by atoms with Crippen molar-refractivity contribution in [3.05, 3.63) is 10.6 Å². The van der Waals surface area contributed by atoms with Crippen LogP contribution in [0.1, 0.15) is 46.3 Å². The number of fused-ring (bicyclic) bond motifs is 2. The summed E-state index contributed by atoms with van der Waals surface area (Å²) in [5, 5.41) is 0.790. The van der Waals surface area contributed by atoms with Gasteiger partial charge in [0, 0.05) is 19.5 Å². The number of rotatable bonds is 3. The largest absolute Gasteiger partial charge is 0.464 e. The van der Waals surface area contributed by atoms with Crippen molar-refractivity contribution in [2.24, 2.45) is 5.92 Å². The van der Waals surface area contributed by atoms with Crippen molar-refractivity contribution in [3.63, 3.8) is 0 Å². The van der Waals surface area contributed by atoms with E-state index in [9.17, 15) is 9.59 Å². The highest BCUT2D eigenvalue weighted by molar-refractivity contribution is 7.17. The smallest absolute Gasteiger partial charge is 0.358 e. The van der Waals surface area contributed by atoms with Gasteiger partial charge < -0.3 is 9.64 Å². The first kappa shape index (κ1) is 12.6. The molecule has 5 nitrogen and oxygen atoms in total. The molecule has 0 amide bonds. The average Bonchev–Trinajstić information content (AvgIpc) is 3.10. The number of thiazole rings is 1. The third kappa shape index (κ3) is 2.04. The monoisotopic (exact) mass is 280 g/mol. The Morgan fingerprint density at radius 1 is 1.42 bits per heavy atom. The molecule has 1 aliphatic heterocycles. The highest BCUT2D eigenvalue weighted by Gasteiger charge is 2.39. The highest BCUT2D eigenvalue weighted by atomic mass is 32.1. The number of ether oxygens (including phenoxy) is 1. The third-order valence-electron chi connectivity index (χ3n) is 3.97. The quantitative estimate of drug-likeness (QED) is 0.627. The maximum absolute atomic E-state index is 11.7. The molecule has 0 spiro atoms. The molecule has 102 valence electrons. The van der Waals surface area contributed by atoms with E-state index in [1.165, 1.54) is 44.6 Å². The van der Waals surface area contributed by atoms with Gasteiger partial charge in [-0.15, -0.1) is 0 Å². The number of piperidine rings is 1. The molecule has 1 saturated carbocycles. The minimum absolute atomic E-state index is 0.131. The molecule has 2 bridgehead atoms. The van der Waals surface area contributed by atoms with E-state index < -0.39 is 5.97 Å². The minimum Gasteiger partial charge on any atom is -0.464 e. The number of methoxy groups -OCH3 is 1. The average molecular weight is 280 g/mol. The fourth-order valence-electron chi connectivity index (χ4n) is 3.06. The number of nitrogens with zero attached hydrogens (tertiary/aromatic N) is 2. The summed E-state index contributed by atoms with van der Waals surface area (Å²) in [5.41, 5.74) is 0.165. The van der Waals surface area contributed by atoms with Gasteiger partial charge in [-0.25, -0.2) is 9.78 Å². The molecule has 2 aliphatic rings. The topological polar surface area (TPSA) is 59.5 Å². The molecule has 0 aromatic carbocycles. The van der Waals surface area contributed by atoms with Crippen LogP contribution in [0.15, 0.2) is 0 Å². The van der Waals surface area contributed by atoms with E-state index in [1.807, 2.05) is 0 Å². The Bertz CT molecular complexity index is 540. The second-order valence-corrected chi connectivity index (χ2v) is 6.18. The molecular weight excluding hydrogens is 264 g/mol. The molecule has 1 aliphatic carbocycles. The van der Waals surface area contributed by atoms with Crippen molar-refractivity contribution in [3.8, 4) is 0 Å². The lowest BCUT2D eigenvalue weighted by atomic mass is 10.1. The molecule has 2 unspecified atom stereocenters. The Kier molecular flexibility index (Phi) is 3.05. The number of esters is 1. The number of hydrogen-bond donors (Lipinski definition) is 0. The van der Waals surface area contributed by atoms with Crippen molar-refractivity contribution < 1.29 is 14.3 Å². The summed E-state index contributed by atoms with van der Waals surface area (Å²) in [6.07, 6.45) is 3.69. The summed E-state index contributed by atoms with van der Waals surface area (Å²) in [7, 11) is 1.31. The first-order valence-electron chi connectivity index (χ1n) is 6.47. The Balaban J connectivity index is 1.95. The summed E-state index contributed by atoms with van der Waals surface area (Å²) in [6.45, 7) is 2.45. The van der Waals surface area contributed by atoms with Crippen LogP contribution in [0.3, 0.4) is 0 Å². The maximum atomic E-state index is 11.7. The molecule has 3 rings (SSSR count). The standard InChI is InChI=1S/C13H16N2O3S/c1-7(16)11-10(12(17)18-2)14-13(19-11)15-6-8-3-4-9(15)5-8/h8-9H,3-6H2,1-2H3. The second-order valence-electron chi connectivity index (χ2n) is 5.21. The van der Waals surface area contributed by atoms with Crippen LogP contribution in [-0.2, 0) is 4.74 Å². The lowest BCUT2D eigenvalue weighted by Crippen LogP contribution is -2.31. The number of hydrogen-bond acceptors (Lipinski definition) is 6. The molecule has 1 aromatic heterocycles. The zero-order valence-corrected chi connectivity index (χ0v) is 11.8. The number of anilines is 1.